The smallest absolute Gasteiger partial charge is 0.163 e. The van der Waals surface area contributed by atoms with Crippen LogP contribution in [0.1, 0.15) is 38.3 Å². The Hall–Kier alpha value is -1.56. The van der Waals surface area contributed by atoms with Gasteiger partial charge in [-0.05, 0) is 31.9 Å². The van der Waals surface area contributed by atoms with Crippen molar-refractivity contribution in [3.63, 3.8) is 0 Å². The van der Waals surface area contributed by atoms with Gasteiger partial charge in [-0.15, -0.1) is 0 Å². The molecule has 0 spiro atoms. The summed E-state index contributed by atoms with van der Waals surface area (Å²) in [6.45, 7) is 3.09. The van der Waals surface area contributed by atoms with Gasteiger partial charge >= 0.3 is 0 Å². The summed E-state index contributed by atoms with van der Waals surface area (Å²) in [5, 5.41) is 9.07. The summed E-state index contributed by atoms with van der Waals surface area (Å²) in [4.78, 5) is 6.47. The van der Waals surface area contributed by atoms with E-state index in [2.05, 4.69) is 22.9 Å². The molecule has 1 aliphatic carbocycles. The Balaban J connectivity index is 2.29. The monoisotopic (exact) mass is 215 g/mol. The van der Waals surface area contributed by atoms with Crippen molar-refractivity contribution < 1.29 is 0 Å². The first-order valence-electron chi connectivity index (χ1n) is 5.98. The molecule has 1 heterocycles. The van der Waals surface area contributed by atoms with Crippen LogP contribution in [0.5, 0.6) is 0 Å². The second-order valence-corrected chi connectivity index (χ2v) is 4.21. The quantitative estimate of drug-likeness (QED) is 0.778. The van der Waals surface area contributed by atoms with Crippen molar-refractivity contribution in [1.82, 2.24) is 4.98 Å². The van der Waals surface area contributed by atoms with E-state index in [1.807, 2.05) is 12.1 Å². The zero-order valence-electron chi connectivity index (χ0n) is 9.69. The number of nitriles is 1. The van der Waals surface area contributed by atoms with Crippen LogP contribution in [0.2, 0.25) is 0 Å². The molecular formula is C13H17N3. The Labute approximate surface area is 96.7 Å². The van der Waals surface area contributed by atoms with Crippen LogP contribution in [-0.2, 0) is 0 Å². The molecule has 0 N–H and O–H groups in total. The van der Waals surface area contributed by atoms with Crippen LogP contribution in [0, 0.1) is 11.3 Å². The van der Waals surface area contributed by atoms with E-state index in [1.54, 1.807) is 6.20 Å². The summed E-state index contributed by atoms with van der Waals surface area (Å²) >= 11 is 0. The molecule has 1 fully saturated rings. The lowest BCUT2D eigenvalue weighted by Crippen LogP contribution is -2.33. The maximum atomic E-state index is 9.07. The van der Waals surface area contributed by atoms with E-state index in [9.17, 15) is 0 Å². The molecule has 1 aromatic heterocycles. The standard InChI is InChI=1S/C13H17N3/c1-2-16(11-6-3-4-7-11)13-8-5-9-15-12(13)10-14/h5,8-9,11H,2-4,6-7H2,1H3. The Bertz CT molecular complexity index is 388. The molecule has 0 bridgehead atoms. The molecule has 84 valence electrons. The van der Waals surface area contributed by atoms with Crippen molar-refractivity contribution in [3.8, 4) is 6.07 Å². The lowest BCUT2D eigenvalue weighted by Gasteiger charge is -2.30. The van der Waals surface area contributed by atoms with Gasteiger partial charge in [-0.2, -0.15) is 5.26 Å². The third-order valence-corrected chi connectivity index (χ3v) is 3.31. The van der Waals surface area contributed by atoms with Crippen LogP contribution in [0.25, 0.3) is 0 Å². The normalized spacial score (nSPS) is 16.0. The van der Waals surface area contributed by atoms with Gasteiger partial charge in [-0.1, -0.05) is 12.8 Å². The topological polar surface area (TPSA) is 39.9 Å². The number of anilines is 1. The first-order chi connectivity index (χ1) is 7.86. The highest BCUT2D eigenvalue weighted by Crippen LogP contribution is 2.29. The zero-order valence-corrected chi connectivity index (χ0v) is 9.69. The molecule has 2 rings (SSSR count). The molecule has 0 radical (unpaired) electrons. The molecule has 1 aromatic rings. The average Bonchev–Trinajstić information content (AvgIpc) is 2.84. The van der Waals surface area contributed by atoms with Gasteiger partial charge in [0.15, 0.2) is 5.69 Å². The van der Waals surface area contributed by atoms with Crippen LogP contribution in [-0.4, -0.2) is 17.6 Å². The third-order valence-electron chi connectivity index (χ3n) is 3.31. The highest BCUT2D eigenvalue weighted by Gasteiger charge is 2.23. The second-order valence-electron chi connectivity index (χ2n) is 4.21. The molecule has 3 nitrogen and oxygen atoms in total. The predicted octanol–water partition coefficient (Wildman–Crippen LogP) is 2.72. The summed E-state index contributed by atoms with van der Waals surface area (Å²) in [6, 6.07) is 6.70. The Morgan fingerprint density at radius 2 is 2.25 bits per heavy atom. The van der Waals surface area contributed by atoms with Gasteiger partial charge in [0.05, 0.1) is 5.69 Å². The van der Waals surface area contributed by atoms with Gasteiger partial charge < -0.3 is 4.90 Å². The number of pyridine rings is 1. The van der Waals surface area contributed by atoms with Gasteiger partial charge in [0.25, 0.3) is 0 Å². The van der Waals surface area contributed by atoms with Gasteiger partial charge in [0.2, 0.25) is 0 Å². The van der Waals surface area contributed by atoms with E-state index in [-0.39, 0.29) is 0 Å². The molecule has 0 unspecified atom stereocenters. The zero-order chi connectivity index (χ0) is 11.4. The molecule has 0 atom stereocenters. The Morgan fingerprint density at radius 1 is 1.50 bits per heavy atom. The van der Waals surface area contributed by atoms with E-state index >= 15 is 0 Å². The number of hydrogen-bond donors (Lipinski definition) is 0. The van der Waals surface area contributed by atoms with Crippen molar-refractivity contribution in [2.75, 3.05) is 11.4 Å². The highest BCUT2D eigenvalue weighted by molar-refractivity contribution is 5.56. The van der Waals surface area contributed by atoms with E-state index in [0.717, 1.165) is 12.2 Å². The molecule has 1 saturated carbocycles. The van der Waals surface area contributed by atoms with Crippen LogP contribution < -0.4 is 4.90 Å². The van der Waals surface area contributed by atoms with Gasteiger partial charge in [-0.3, -0.25) is 0 Å². The van der Waals surface area contributed by atoms with Crippen molar-refractivity contribution >= 4 is 5.69 Å². The number of rotatable bonds is 3. The Kier molecular flexibility index (Phi) is 3.40. The van der Waals surface area contributed by atoms with Crippen LogP contribution in [0.3, 0.4) is 0 Å². The number of nitrogens with zero attached hydrogens (tertiary/aromatic N) is 3. The molecule has 1 aliphatic rings. The van der Waals surface area contributed by atoms with Gasteiger partial charge in [-0.25, -0.2) is 4.98 Å². The van der Waals surface area contributed by atoms with E-state index < -0.39 is 0 Å². The number of hydrogen-bond acceptors (Lipinski definition) is 3. The second kappa shape index (κ2) is 4.98. The molecule has 0 aromatic carbocycles. The molecule has 0 aliphatic heterocycles. The maximum absolute atomic E-state index is 9.07. The minimum atomic E-state index is 0.552. The summed E-state index contributed by atoms with van der Waals surface area (Å²) in [6.07, 6.45) is 6.79. The molecule has 0 amide bonds. The van der Waals surface area contributed by atoms with Crippen molar-refractivity contribution in [3.05, 3.63) is 24.0 Å². The maximum Gasteiger partial charge on any atom is 0.163 e. The minimum Gasteiger partial charge on any atom is -0.366 e. The lowest BCUT2D eigenvalue weighted by molar-refractivity contribution is 0.618. The van der Waals surface area contributed by atoms with Crippen molar-refractivity contribution in [2.45, 2.75) is 38.6 Å². The third kappa shape index (κ3) is 2.01. The van der Waals surface area contributed by atoms with Crippen LogP contribution >= 0.6 is 0 Å². The molecule has 16 heavy (non-hydrogen) atoms. The summed E-state index contributed by atoms with van der Waals surface area (Å²) in [5.74, 6) is 0. The fourth-order valence-electron chi connectivity index (χ4n) is 2.56. The molecule has 0 saturated heterocycles. The number of aromatic nitrogens is 1. The van der Waals surface area contributed by atoms with Gasteiger partial charge in [0.1, 0.15) is 6.07 Å². The summed E-state index contributed by atoms with van der Waals surface area (Å²) in [5.41, 5.74) is 1.55. The highest BCUT2D eigenvalue weighted by atomic mass is 15.2. The van der Waals surface area contributed by atoms with E-state index in [0.29, 0.717) is 11.7 Å². The molecular weight excluding hydrogens is 198 g/mol. The average molecular weight is 215 g/mol. The predicted molar refractivity (Wildman–Crippen MR) is 64.2 cm³/mol. The van der Waals surface area contributed by atoms with E-state index in [1.165, 1.54) is 25.7 Å². The fourth-order valence-corrected chi connectivity index (χ4v) is 2.56. The minimum absolute atomic E-state index is 0.552. The molecule has 3 heteroatoms. The fraction of sp³-hybridized carbons (Fsp3) is 0.538. The van der Waals surface area contributed by atoms with Crippen LogP contribution in [0.15, 0.2) is 18.3 Å². The van der Waals surface area contributed by atoms with Crippen molar-refractivity contribution in [1.29, 1.82) is 5.26 Å². The summed E-state index contributed by atoms with van der Waals surface area (Å²) < 4.78 is 0. The largest absolute Gasteiger partial charge is 0.366 e. The SMILES string of the molecule is CCN(c1cccnc1C#N)C1CCCC1. The summed E-state index contributed by atoms with van der Waals surface area (Å²) in [7, 11) is 0. The Morgan fingerprint density at radius 3 is 2.88 bits per heavy atom. The van der Waals surface area contributed by atoms with Crippen molar-refractivity contribution in [2.24, 2.45) is 0 Å². The first-order valence-corrected chi connectivity index (χ1v) is 5.98. The van der Waals surface area contributed by atoms with Gasteiger partial charge in [0, 0.05) is 18.8 Å². The first kappa shape index (κ1) is 10.9. The lowest BCUT2D eigenvalue weighted by atomic mass is 10.1. The van der Waals surface area contributed by atoms with Crippen LogP contribution in [0.4, 0.5) is 5.69 Å². The van der Waals surface area contributed by atoms with E-state index in [4.69, 9.17) is 5.26 Å².